The van der Waals surface area contributed by atoms with Crippen LogP contribution in [0.2, 0.25) is 0 Å². The van der Waals surface area contributed by atoms with Crippen molar-refractivity contribution >= 4 is 16.7 Å². The third-order valence-corrected chi connectivity index (χ3v) is 3.89. The molecule has 1 fully saturated rings. The third-order valence-electron chi connectivity index (χ3n) is 3.13. The lowest BCUT2D eigenvalue weighted by atomic mass is 10.1. The number of methoxy groups -OCH3 is 1. The molecule has 0 radical (unpaired) electrons. The van der Waals surface area contributed by atoms with E-state index in [0.29, 0.717) is 18.8 Å². The number of hydrogen-bond acceptors (Lipinski definition) is 4. The van der Waals surface area contributed by atoms with Crippen molar-refractivity contribution in [2.24, 2.45) is 0 Å². The van der Waals surface area contributed by atoms with Crippen LogP contribution in [0.1, 0.15) is 11.7 Å². The highest BCUT2D eigenvalue weighted by atomic mass is 32.2. The number of benzene rings is 1. The summed E-state index contributed by atoms with van der Waals surface area (Å²) in [6, 6.07) is 7.62. The molecule has 19 heavy (non-hydrogen) atoms. The summed E-state index contributed by atoms with van der Waals surface area (Å²) in [5, 5.41) is 3.17. The van der Waals surface area contributed by atoms with Gasteiger partial charge in [0.1, 0.15) is 11.9 Å². The van der Waals surface area contributed by atoms with Crippen molar-refractivity contribution in [2.75, 3.05) is 32.2 Å². The van der Waals surface area contributed by atoms with Gasteiger partial charge in [0.2, 0.25) is 5.91 Å². The largest absolute Gasteiger partial charge is 0.496 e. The molecule has 2 rings (SSSR count). The molecule has 0 aromatic heterocycles. The Morgan fingerprint density at radius 3 is 2.89 bits per heavy atom. The van der Waals surface area contributed by atoms with Crippen molar-refractivity contribution in [3.05, 3.63) is 29.8 Å². The molecule has 0 bridgehead atoms. The third kappa shape index (κ3) is 3.13. The van der Waals surface area contributed by atoms with Gasteiger partial charge in [0.15, 0.2) is 0 Å². The van der Waals surface area contributed by atoms with Crippen molar-refractivity contribution in [1.82, 2.24) is 10.2 Å². The Labute approximate surface area is 115 Å². The molecule has 1 heterocycles. The first-order valence-electron chi connectivity index (χ1n) is 6.09. The van der Waals surface area contributed by atoms with E-state index in [9.17, 15) is 9.00 Å². The molecular formula is C13H18N2O3S. The van der Waals surface area contributed by atoms with Gasteiger partial charge in [-0.25, -0.2) is 0 Å². The molecule has 1 aromatic rings. The minimum Gasteiger partial charge on any atom is -0.496 e. The lowest BCUT2D eigenvalue weighted by molar-refractivity contribution is -0.127. The lowest BCUT2D eigenvalue weighted by Crippen LogP contribution is -2.33. The van der Waals surface area contributed by atoms with E-state index in [1.807, 2.05) is 24.3 Å². The molecule has 2 atom stereocenters. The second-order valence-corrected chi connectivity index (χ2v) is 5.94. The Kier molecular flexibility index (Phi) is 4.55. The van der Waals surface area contributed by atoms with Crippen LogP contribution >= 0.6 is 0 Å². The van der Waals surface area contributed by atoms with Crippen LogP contribution in [-0.4, -0.2) is 47.2 Å². The first-order chi connectivity index (χ1) is 9.13. The molecular weight excluding hydrogens is 264 g/mol. The van der Waals surface area contributed by atoms with Crippen LogP contribution < -0.4 is 10.1 Å². The quantitative estimate of drug-likeness (QED) is 0.854. The fourth-order valence-corrected chi connectivity index (χ4v) is 2.64. The maximum atomic E-state index is 11.9. The van der Waals surface area contributed by atoms with Crippen molar-refractivity contribution in [3.63, 3.8) is 0 Å². The average molecular weight is 282 g/mol. The summed E-state index contributed by atoms with van der Waals surface area (Å²) >= 11 is 0. The van der Waals surface area contributed by atoms with E-state index in [1.165, 1.54) is 0 Å². The first-order valence-corrected chi connectivity index (χ1v) is 7.82. The zero-order chi connectivity index (χ0) is 13.8. The first kappa shape index (κ1) is 14.0. The van der Waals surface area contributed by atoms with Gasteiger partial charge in [-0.05, 0) is 6.07 Å². The summed E-state index contributed by atoms with van der Waals surface area (Å²) in [6.07, 6.45) is 1.44. The SMILES string of the molecule is COc1ccccc1C1NCC(=O)N1CCS(C)=O. The van der Waals surface area contributed by atoms with Crippen LogP contribution in [0.25, 0.3) is 0 Å². The Bertz CT molecular complexity index is 493. The number of nitrogens with zero attached hydrogens (tertiary/aromatic N) is 1. The van der Waals surface area contributed by atoms with Gasteiger partial charge in [0, 0.05) is 34.9 Å². The highest BCUT2D eigenvalue weighted by Crippen LogP contribution is 2.29. The molecule has 1 aromatic carbocycles. The van der Waals surface area contributed by atoms with Gasteiger partial charge >= 0.3 is 0 Å². The number of rotatable bonds is 5. The number of para-hydroxylation sites is 1. The molecule has 1 aliphatic heterocycles. The van der Waals surface area contributed by atoms with E-state index in [2.05, 4.69) is 5.32 Å². The number of carbonyl (C=O) groups excluding carboxylic acids is 1. The zero-order valence-electron chi connectivity index (χ0n) is 11.1. The van der Waals surface area contributed by atoms with E-state index in [-0.39, 0.29) is 12.1 Å². The van der Waals surface area contributed by atoms with Gasteiger partial charge in [-0.3, -0.25) is 14.3 Å². The average Bonchev–Trinajstić information content (AvgIpc) is 2.77. The second kappa shape index (κ2) is 6.16. The topological polar surface area (TPSA) is 58.6 Å². The van der Waals surface area contributed by atoms with Gasteiger partial charge in [-0.15, -0.1) is 0 Å². The number of carbonyl (C=O) groups is 1. The molecule has 1 saturated heterocycles. The van der Waals surface area contributed by atoms with E-state index in [4.69, 9.17) is 4.74 Å². The van der Waals surface area contributed by atoms with Gasteiger partial charge in [-0.2, -0.15) is 0 Å². The maximum absolute atomic E-state index is 11.9. The van der Waals surface area contributed by atoms with E-state index < -0.39 is 10.8 Å². The van der Waals surface area contributed by atoms with Crippen LogP contribution in [-0.2, 0) is 15.6 Å². The predicted molar refractivity (Wildman–Crippen MR) is 74.4 cm³/mol. The fourth-order valence-electron chi connectivity index (χ4n) is 2.19. The highest BCUT2D eigenvalue weighted by molar-refractivity contribution is 7.84. The van der Waals surface area contributed by atoms with E-state index >= 15 is 0 Å². The van der Waals surface area contributed by atoms with E-state index in [0.717, 1.165) is 11.3 Å². The second-order valence-electron chi connectivity index (χ2n) is 4.39. The minimum absolute atomic E-state index is 0.0290. The molecule has 1 aliphatic rings. The van der Waals surface area contributed by atoms with Gasteiger partial charge in [0.25, 0.3) is 0 Å². The molecule has 104 valence electrons. The highest BCUT2D eigenvalue weighted by Gasteiger charge is 2.32. The molecule has 1 N–H and O–H groups in total. The number of amides is 1. The van der Waals surface area contributed by atoms with Crippen LogP contribution in [0.5, 0.6) is 5.75 Å². The van der Waals surface area contributed by atoms with Gasteiger partial charge < -0.3 is 9.64 Å². The molecule has 0 saturated carbocycles. The summed E-state index contributed by atoms with van der Waals surface area (Å²) in [4.78, 5) is 13.6. The number of nitrogens with one attached hydrogen (secondary N) is 1. The number of hydrogen-bond donors (Lipinski definition) is 1. The molecule has 1 amide bonds. The number of ether oxygens (including phenoxy) is 1. The van der Waals surface area contributed by atoms with Crippen molar-refractivity contribution in [3.8, 4) is 5.75 Å². The molecule has 0 spiro atoms. The van der Waals surface area contributed by atoms with Gasteiger partial charge in [-0.1, -0.05) is 18.2 Å². The van der Waals surface area contributed by atoms with Crippen LogP contribution in [0.4, 0.5) is 0 Å². The summed E-state index contributed by atoms with van der Waals surface area (Å²) in [7, 11) is 0.704. The van der Waals surface area contributed by atoms with Crippen LogP contribution in [0, 0.1) is 0 Å². The Morgan fingerprint density at radius 1 is 1.47 bits per heavy atom. The molecule has 5 nitrogen and oxygen atoms in total. The Hall–Kier alpha value is -1.40. The monoisotopic (exact) mass is 282 g/mol. The lowest BCUT2D eigenvalue weighted by Gasteiger charge is -2.25. The summed E-state index contributed by atoms with van der Waals surface area (Å²) < 4.78 is 16.5. The van der Waals surface area contributed by atoms with Crippen molar-refractivity contribution < 1.29 is 13.7 Å². The predicted octanol–water partition coefficient (Wildman–Crippen LogP) is 0.504. The van der Waals surface area contributed by atoms with Gasteiger partial charge in [0.05, 0.1) is 13.7 Å². The standard InChI is InChI=1S/C13H18N2O3S/c1-18-11-6-4-3-5-10(11)13-14-9-12(16)15(13)7-8-19(2)17/h3-6,13-14H,7-9H2,1-2H3. The zero-order valence-corrected chi connectivity index (χ0v) is 11.9. The summed E-state index contributed by atoms with van der Waals surface area (Å²) in [6.45, 7) is 0.788. The Morgan fingerprint density at radius 2 is 2.21 bits per heavy atom. The normalized spacial score (nSPS) is 20.6. The van der Waals surface area contributed by atoms with E-state index in [1.54, 1.807) is 18.3 Å². The Balaban J connectivity index is 2.22. The summed E-state index contributed by atoms with van der Waals surface area (Å²) in [5.74, 6) is 1.26. The van der Waals surface area contributed by atoms with Crippen molar-refractivity contribution in [2.45, 2.75) is 6.17 Å². The molecule has 2 unspecified atom stereocenters. The van der Waals surface area contributed by atoms with Crippen LogP contribution in [0.3, 0.4) is 0 Å². The molecule has 6 heteroatoms. The van der Waals surface area contributed by atoms with Crippen LogP contribution in [0.15, 0.2) is 24.3 Å². The smallest absolute Gasteiger partial charge is 0.238 e. The summed E-state index contributed by atoms with van der Waals surface area (Å²) in [5.41, 5.74) is 0.928. The molecule has 0 aliphatic carbocycles. The fraction of sp³-hybridized carbons (Fsp3) is 0.462. The minimum atomic E-state index is -0.908. The van der Waals surface area contributed by atoms with Crippen molar-refractivity contribution in [1.29, 1.82) is 0 Å². The maximum Gasteiger partial charge on any atom is 0.238 e.